The minimum Gasteiger partial charge on any atom is -0.494 e. The van der Waals surface area contributed by atoms with Crippen molar-refractivity contribution in [3.8, 4) is 5.75 Å². The Kier molecular flexibility index (Phi) is 6.52. The van der Waals surface area contributed by atoms with E-state index in [1.807, 2.05) is 43.3 Å². The summed E-state index contributed by atoms with van der Waals surface area (Å²) in [4.78, 5) is 17.0. The van der Waals surface area contributed by atoms with Gasteiger partial charge in [-0.25, -0.2) is 8.42 Å². The zero-order chi connectivity index (χ0) is 21.8. The van der Waals surface area contributed by atoms with E-state index in [-0.39, 0.29) is 28.7 Å². The van der Waals surface area contributed by atoms with Crippen LogP contribution < -0.4 is 15.4 Å². The van der Waals surface area contributed by atoms with Crippen molar-refractivity contribution >= 4 is 38.4 Å². The van der Waals surface area contributed by atoms with E-state index >= 15 is 0 Å². The number of thioether (sulfide) groups is 1. The second-order valence-electron chi connectivity index (χ2n) is 7.52. The standard InChI is InChI=1S/C22H25N3O4S2/c1-2-29-18-8-6-15(7-9-18)10-11-23-21(26)16-4-3-5-17(12-16)24-22-25-19-13-31(27,28)14-20(19)30-22/h3-9,12,19-20H,2,10-11,13-14H2,1H3,(H,23,26)(H,24,25)/t19-,20-/m1/s1. The van der Waals surface area contributed by atoms with Crippen LogP contribution in [0.1, 0.15) is 22.8 Å². The smallest absolute Gasteiger partial charge is 0.251 e. The first-order valence-electron chi connectivity index (χ1n) is 10.2. The lowest BCUT2D eigenvalue weighted by Gasteiger charge is -2.10. The molecule has 2 aromatic rings. The normalized spacial score (nSPS) is 21.3. The number of hydrogen-bond donors (Lipinski definition) is 2. The van der Waals surface area contributed by atoms with Gasteiger partial charge in [0.15, 0.2) is 15.0 Å². The highest BCUT2D eigenvalue weighted by molar-refractivity contribution is 8.15. The molecule has 4 rings (SSSR count). The third kappa shape index (κ3) is 5.59. The minimum atomic E-state index is -2.97. The highest BCUT2D eigenvalue weighted by atomic mass is 32.2. The van der Waals surface area contributed by atoms with Gasteiger partial charge >= 0.3 is 0 Å². The molecule has 0 unspecified atom stereocenters. The van der Waals surface area contributed by atoms with Crippen molar-refractivity contribution in [1.82, 2.24) is 5.32 Å². The van der Waals surface area contributed by atoms with Crippen LogP contribution in [0.25, 0.3) is 0 Å². The second kappa shape index (κ2) is 9.32. The quantitative estimate of drug-likeness (QED) is 0.661. The second-order valence-corrected chi connectivity index (χ2v) is 10.9. The van der Waals surface area contributed by atoms with Crippen LogP contribution in [0.5, 0.6) is 5.75 Å². The molecule has 2 heterocycles. The highest BCUT2D eigenvalue weighted by Crippen LogP contribution is 2.34. The third-order valence-electron chi connectivity index (χ3n) is 5.13. The Morgan fingerprint density at radius 1 is 1.19 bits per heavy atom. The highest BCUT2D eigenvalue weighted by Gasteiger charge is 2.42. The Morgan fingerprint density at radius 2 is 2.00 bits per heavy atom. The van der Waals surface area contributed by atoms with Crippen molar-refractivity contribution in [2.45, 2.75) is 24.6 Å². The summed E-state index contributed by atoms with van der Waals surface area (Å²) in [6.07, 6.45) is 0.731. The molecule has 2 aromatic carbocycles. The first kappa shape index (κ1) is 21.7. The van der Waals surface area contributed by atoms with Crippen molar-refractivity contribution < 1.29 is 17.9 Å². The summed E-state index contributed by atoms with van der Waals surface area (Å²) >= 11 is 1.46. The van der Waals surface area contributed by atoms with E-state index in [0.717, 1.165) is 23.4 Å². The molecule has 164 valence electrons. The largest absolute Gasteiger partial charge is 0.494 e. The predicted molar refractivity (Wildman–Crippen MR) is 125 cm³/mol. The number of amidine groups is 1. The first-order valence-corrected chi connectivity index (χ1v) is 12.9. The number of hydrogen-bond acceptors (Lipinski definition) is 7. The Bertz CT molecular complexity index is 1080. The average Bonchev–Trinajstić information content (AvgIpc) is 3.22. The van der Waals surface area contributed by atoms with Crippen molar-refractivity contribution in [2.24, 2.45) is 4.99 Å². The number of rotatable bonds is 7. The van der Waals surface area contributed by atoms with Gasteiger partial charge in [0.25, 0.3) is 5.91 Å². The number of carbonyl (C=O) groups excluding carboxylic acids is 1. The van der Waals surface area contributed by atoms with Gasteiger partial charge in [0.2, 0.25) is 0 Å². The number of aliphatic imine (C=N–C) groups is 1. The molecule has 2 aliphatic rings. The van der Waals surface area contributed by atoms with Crippen LogP contribution in [0.4, 0.5) is 5.69 Å². The summed E-state index contributed by atoms with van der Waals surface area (Å²) in [7, 11) is -2.97. The molecule has 7 nitrogen and oxygen atoms in total. The van der Waals surface area contributed by atoms with Crippen LogP contribution >= 0.6 is 11.8 Å². The number of nitrogens with one attached hydrogen (secondary N) is 2. The fourth-order valence-corrected chi connectivity index (χ4v) is 7.30. The van der Waals surface area contributed by atoms with E-state index in [4.69, 9.17) is 4.74 Å². The summed E-state index contributed by atoms with van der Waals surface area (Å²) in [6, 6.07) is 14.9. The van der Waals surface area contributed by atoms with Crippen LogP contribution in [0.3, 0.4) is 0 Å². The molecule has 2 N–H and O–H groups in total. The van der Waals surface area contributed by atoms with E-state index < -0.39 is 9.84 Å². The Hall–Kier alpha value is -2.52. The fourth-order valence-electron chi connectivity index (χ4n) is 3.62. The van der Waals surface area contributed by atoms with Gasteiger partial charge in [-0.3, -0.25) is 9.79 Å². The molecule has 0 aromatic heterocycles. The van der Waals surface area contributed by atoms with E-state index in [1.165, 1.54) is 11.8 Å². The number of nitrogens with zero attached hydrogens (tertiary/aromatic N) is 1. The molecule has 1 saturated heterocycles. The number of sulfone groups is 1. The van der Waals surface area contributed by atoms with Crippen LogP contribution in [0.2, 0.25) is 0 Å². The molecule has 0 bridgehead atoms. The van der Waals surface area contributed by atoms with Crippen LogP contribution in [-0.4, -0.2) is 55.4 Å². The number of carbonyl (C=O) groups is 1. The van der Waals surface area contributed by atoms with E-state index in [1.54, 1.807) is 12.1 Å². The van der Waals surface area contributed by atoms with Crippen molar-refractivity contribution in [3.63, 3.8) is 0 Å². The van der Waals surface area contributed by atoms with Crippen molar-refractivity contribution in [3.05, 3.63) is 59.7 Å². The Morgan fingerprint density at radius 3 is 2.74 bits per heavy atom. The third-order valence-corrected chi connectivity index (χ3v) is 8.27. The molecule has 0 aliphatic carbocycles. The summed E-state index contributed by atoms with van der Waals surface area (Å²) in [5.41, 5.74) is 2.44. The van der Waals surface area contributed by atoms with Crippen molar-refractivity contribution in [1.29, 1.82) is 0 Å². The van der Waals surface area contributed by atoms with Gasteiger partial charge in [-0.1, -0.05) is 30.0 Å². The SMILES string of the molecule is CCOc1ccc(CCNC(=O)c2cccc(NC3=N[C@@H]4CS(=O)(=O)C[C@H]4S3)c2)cc1. The van der Waals surface area contributed by atoms with E-state index in [0.29, 0.717) is 23.9 Å². The molecule has 31 heavy (non-hydrogen) atoms. The molecule has 2 aliphatic heterocycles. The minimum absolute atomic E-state index is 0.0124. The predicted octanol–water partition coefficient (Wildman–Crippen LogP) is 2.74. The molecule has 2 atom stereocenters. The maximum absolute atomic E-state index is 12.5. The Balaban J connectivity index is 1.29. The number of ether oxygens (including phenoxy) is 1. The lowest BCUT2D eigenvalue weighted by molar-refractivity contribution is 0.0954. The van der Waals surface area contributed by atoms with E-state index in [2.05, 4.69) is 15.6 Å². The molecular weight excluding hydrogens is 434 g/mol. The molecule has 0 spiro atoms. The maximum atomic E-state index is 12.5. The molecule has 1 amide bonds. The van der Waals surface area contributed by atoms with Crippen LogP contribution in [0.15, 0.2) is 53.5 Å². The fraction of sp³-hybridized carbons (Fsp3) is 0.364. The van der Waals surface area contributed by atoms with E-state index in [9.17, 15) is 13.2 Å². The van der Waals surface area contributed by atoms with Gasteiger partial charge in [0.05, 0.1) is 24.2 Å². The lowest BCUT2D eigenvalue weighted by atomic mass is 10.1. The zero-order valence-electron chi connectivity index (χ0n) is 17.2. The lowest BCUT2D eigenvalue weighted by Crippen LogP contribution is -2.25. The average molecular weight is 460 g/mol. The van der Waals surface area contributed by atoms with Gasteiger partial charge in [-0.05, 0) is 49.2 Å². The van der Waals surface area contributed by atoms with Crippen molar-refractivity contribution in [2.75, 3.05) is 30.0 Å². The van der Waals surface area contributed by atoms with Crippen LogP contribution in [-0.2, 0) is 16.3 Å². The summed E-state index contributed by atoms with van der Waals surface area (Å²) in [5.74, 6) is 0.994. The topological polar surface area (TPSA) is 96.9 Å². The van der Waals surface area contributed by atoms with Gasteiger partial charge in [0.1, 0.15) is 5.75 Å². The maximum Gasteiger partial charge on any atom is 0.251 e. The molecule has 1 fully saturated rings. The van der Waals surface area contributed by atoms with Gasteiger partial charge in [-0.15, -0.1) is 0 Å². The molecular formula is C22H25N3O4S2. The Labute approximate surface area is 186 Å². The summed E-state index contributed by atoms with van der Waals surface area (Å²) < 4.78 is 28.8. The molecule has 0 saturated carbocycles. The zero-order valence-corrected chi connectivity index (χ0v) is 18.8. The molecule has 9 heteroatoms. The van der Waals surface area contributed by atoms with Gasteiger partial charge in [0, 0.05) is 23.0 Å². The summed E-state index contributed by atoms with van der Waals surface area (Å²) in [5, 5.41) is 6.86. The van der Waals surface area contributed by atoms with Crippen LogP contribution in [0, 0.1) is 0 Å². The number of anilines is 1. The van der Waals surface area contributed by atoms with Gasteiger partial charge in [-0.2, -0.15) is 0 Å². The number of benzene rings is 2. The molecule has 0 radical (unpaired) electrons. The first-order chi connectivity index (χ1) is 14.9. The number of fused-ring (bicyclic) bond motifs is 1. The monoisotopic (exact) mass is 459 g/mol. The summed E-state index contributed by atoms with van der Waals surface area (Å²) in [6.45, 7) is 3.12. The number of amides is 1. The van der Waals surface area contributed by atoms with Gasteiger partial charge < -0.3 is 15.4 Å².